The Morgan fingerprint density at radius 1 is 1.29 bits per heavy atom. The van der Waals surface area contributed by atoms with E-state index in [0.29, 0.717) is 5.25 Å². The zero-order valence-corrected chi connectivity index (χ0v) is 11.1. The first-order chi connectivity index (χ1) is 8.09. The average molecular weight is 251 g/mol. The van der Waals surface area contributed by atoms with Crippen LogP contribution in [0.15, 0.2) is 30.3 Å². The van der Waals surface area contributed by atoms with Gasteiger partial charge in [-0.05, 0) is 24.4 Å². The molecule has 92 valence electrons. The summed E-state index contributed by atoms with van der Waals surface area (Å²) in [6, 6.07) is 10.0. The van der Waals surface area contributed by atoms with Crippen LogP contribution in [0.1, 0.15) is 32.4 Å². The van der Waals surface area contributed by atoms with Crippen LogP contribution in [0.5, 0.6) is 0 Å². The Hall–Kier alpha value is -1.16. The first-order valence-electron chi connectivity index (χ1n) is 5.81. The highest BCUT2D eigenvalue weighted by Crippen LogP contribution is 2.39. The van der Waals surface area contributed by atoms with E-state index in [9.17, 15) is 4.79 Å². The van der Waals surface area contributed by atoms with Crippen molar-refractivity contribution in [2.24, 2.45) is 0 Å². The lowest BCUT2D eigenvalue weighted by Crippen LogP contribution is -2.24. The minimum atomic E-state index is -0.231. The quantitative estimate of drug-likeness (QED) is 0.768. The summed E-state index contributed by atoms with van der Waals surface area (Å²) in [5.74, 6) is 0. The van der Waals surface area contributed by atoms with Crippen LogP contribution in [0.3, 0.4) is 0 Å². The summed E-state index contributed by atoms with van der Waals surface area (Å²) >= 11 is 1.54. The standard InChI is InChI=1S/C13H17NO2S/c1-9(2)17-14-12(10(3)16-13(14)15)11-7-5-4-6-8-11/h4-10,12H,1-3H3/t10-,12-/m0/s1. The number of cyclic esters (lactones) is 1. The van der Waals surface area contributed by atoms with Gasteiger partial charge in [0, 0.05) is 5.25 Å². The van der Waals surface area contributed by atoms with Gasteiger partial charge in [0.2, 0.25) is 0 Å². The summed E-state index contributed by atoms with van der Waals surface area (Å²) in [6.07, 6.45) is -0.332. The number of hydrogen-bond donors (Lipinski definition) is 0. The lowest BCUT2D eigenvalue weighted by Gasteiger charge is -2.23. The van der Waals surface area contributed by atoms with Gasteiger partial charge in [0.05, 0.1) is 0 Å². The van der Waals surface area contributed by atoms with Crippen LogP contribution in [0.4, 0.5) is 4.79 Å². The molecule has 1 amide bonds. The molecule has 0 aromatic heterocycles. The van der Waals surface area contributed by atoms with Crippen molar-refractivity contribution in [2.75, 3.05) is 0 Å². The van der Waals surface area contributed by atoms with Gasteiger partial charge in [0.15, 0.2) is 0 Å². The Morgan fingerprint density at radius 3 is 2.53 bits per heavy atom. The van der Waals surface area contributed by atoms with Crippen molar-refractivity contribution in [3.05, 3.63) is 35.9 Å². The second-order valence-electron chi connectivity index (χ2n) is 4.42. The topological polar surface area (TPSA) is 29.5 Å². The minimum absolute atomic E-state index is 0.0103. The SMILES string of the molecule is CC(C)SN1C(=O)O[C@@H](C)[C@H]1c1ccccc1. The molecule has 0 bridgehead atoms. The summed E-state index contributed by atoms with van der Waals surface area (Å²) in [5.41, 5.74) is 1.12. The summed E-state index contributed by atoms with van der Waals surface area (Å²) in [6.45, 7) is 6.09. The fourth-order valence-electron chi connectivity index (χ4n) is 1.97. The molecule has 1 aromatic rings. The van der Waals surface area contributed by atoms with Crippen molar-refractivity contribution in [2.45, 2.75) is 38.2 Å². The van der Waals surface area contributed by atoms with E-state index in [1.807, 2.05) is 37.3 Å². The normalized spacial score (nSPS) is 24.2. The Labute approximate surface area is 106 Å². The highest BCUT2D eigenvalue weighted by atomic mass is 32.2. The van der Waals surface area contributed by atoms with Crippen LogP contribution in [0.2, 0.25) is 0 Å². The van der Waals surface area contributed by atoms with Crippen LogP contribution in [0.25, 0.3) is 0 Å². The summed E-state index contributed by atoms with van der Waals surface area (Å²) in [4.78, 5) is 11.8. The monoisotopic (exact) mass is 251 g/mol. The summed E-state index contributed by atoms with van der Waals surface area (Å²) in [5, 5.41) is 0.360. The third kappa shape index (κ3) is 2.57. The molecule has 1 aliphatic rings. The molecule has 4 heteroatoms. The average Bonchev–Trinajstić information content (AvgIpc) is 2.54. The molecule has 0 saturated carbocycles. The van der Waals surface area contributed by atoms with Crippen molar-refractivity contribution >= 4 is 18.0 Å². The van der Waals surface area contributed by atoms with Gasteiger partial charge in [0.25, 0.3) is 0 Å². The first kappa shape index (κ1) is 12.3. The van der Waals surface area contributed by atoms with Crippen LogP contribution in [-0.2, 0) is 4.74 Å². The fraction of sp³-hybridized carbons (Fsp3) is 0.462. The Balaban J connectivity index is 2.26. The van der Waals surface area contributed by atoms with Gasteiger partial charge >= 0.3 is 6.09 Å². The molecule has 1 aromatic carbocycles. The molecule has 0 radical (unpaired) electrons. The van der Waals surface area contributed by atoms with E-state index in [4.69, 9.17) is 4.74 Å². The Morgan fingerprint density at radius 2 is 1.94 bits per heavy atom. The van der Waals surface area contributed by atoms with E-state index >= 15 is 0 Å². The highest BCUT2D eigenvalue weighted by Gasteiger charge is 2.41. The van der Waals surface area contributed by atoms with Gasteiger partial charge in [-0.1, -0.05) is 44.2 Å². The smallest absolute Gasteiger partial charge is 0.420 e. The molecule has 17 heavy (non-hydrogen) atoms. The van der Waals surface area contributed by atoms with Crippen molar-refractivity contribution in [3.63, 3.8) is 0 Å². The molecule has 1 heterocycles. The van der Waals surface area contributed by atoms with Gasteiger partial charge in [-0.3, -0.25) is 0 Å². The van der Waals surface area contributed by atoms with E-state index in [1.54, 1.807) is 4.31 Å². The predicted molar refractivity (Wildman–Crippen MR) is 69.7 cm³/mol. The maximum Gasteiger partial charge on any atom is 0.420 e. The van der Waals surface area contributed by atoms with Gasteiger partial charge in [0.1, 0.15) is 12.1 Å². The van der Waals surface area contributed by atoms with Gasteiger partial charge < -0.3 is 4.74 Å². The number of carbonyl (C=O) groups excluding carboxylic acids is 1. The van der Waals surface area contributed by atoms with Gasteiger partial charge in [-0.25, -0.2) is 9.10 Å². The zero-order valence-electron chi connectivity index (χ0n) is 10.3. The van der Waals surface area contributed by atoms with Gasteiger partial charge in [-0.15, -0.1) is 0 Å². The molecule has 1 aliphatic heterocycles. The largest absolute Gasteiger partial charge is 0.443 e. The van der Waals surface area contributed by atoms with Gasteiger partial charge in [-0.2, -0.15) is 0 Å². The molecule has 2 atom stereocenters. The first-order valence-corrected chi connectivity index (χ1v) is 6.65. The van der Waals surface area contributed by atoms with E-state index in [0.717, 1.165) is 5.56 Å². The maximum absolute atomic E-state index is 11.8. The third-order valence-corrected chi connectivity index (χ3v) is 3.65. The van der Waals surface area contributed by atoms with Crippen molar-refractivity contribution in [1.29, 1.82) is 0 Å². The molecular formula is C13H17NO2S. The lowest BCUT2D eigenvalue weighted by atomic mass is 10.0. The molecule has 0 spiro atoms. The second kappa shape index (κ2) is 5.00. The van der Waals surface area contributed by atoms with Crippen LogP contribution in [-0.4, -0.2) is 21.8 Å². The molecule has 1 fully saturated rings. The van der Waals surface area contributed by atoms with E-state index in [1.165, 1.54) is 11.9 Å². The number of ether oxygens (including phenoxy) is 1. The fourth-order valence-corrected chi connectivity index (χ4v) is 2.98. The van der Waals surface area contributed by atoms with Crippen LogP contribution in [0, 0.1) is 0 Å². The minimum Gasteiger partial charge on any atom is -0.443 e. The Kier molecular flexibility index (Phi) is 3.62. The second-order valence-corrected chi connectivity index (χ2v) is 5.97. The number of rotatable bonds is 3. The van der Waals surface area contributed by atoms with E-state index in [2.05, 4.69) is 13.8 Å². The molecule has 0 unspecified atom stereocenters. The number of hydrogen-bond acceptors (Lipinski definition) is 3. The molecule has 1 saturated heterocycles. The molecule has 0 N–H and O–H groups in total. The molecular weight excluding hydrogens is 234 g/mol. The summed E-state index contributed by atoms with van der Waals surface area (Å²) in [7, 11) is 0. The number of nitrogens with zero attached hydrogens (tertiary/aromatic N) is 1. The lowest BCUT2D eigenvalue weighted by molar-refractivity contribution is 0.140. The molecule has 3 nitrogen and oxygen atoms in total. The molecule has 2 rings (SSSR count). The zero-order chi connectivity index (χ0) is 12.4. The molecule has 0 aliphatic carbocycles. The van der Waals surface area contributed by atoms with Crippen LogP contribution < -0.4 is 0 Å². The van der Waals surface area contributed by atoms with E-state index in [-0.39, 0.29) is 18.2 Å². The summed E-state index contributed by atoms with van der Waals surface area (Å²) < 4.78 is 7.06. The van der Waals surface area contributed by atoms with Crippen molar-refractivity contribution in [3.8, 4) is 0 Å². The third-order valence-electron chi connectivity index (χ3n) is 2.63. The van der Waals surface area contributed by atoms with Crippen molar-refractivity contribution in [1.82, 2.24) is 4.31 Å². The number of carbonyl (C=O) groups is 1. The number of benzene rings is 1. The predicted octanol–water partition coefficient (Wildman–Crippen LogP) is 3.63. The van der Waals surface area contributed by atoms with E-state index < -0.39 is 0 Å². The van der Waals surface area contributed by atoms with Crippen LogP contribution >= 0.6 is 11.9 Å². The number of amides is 1. The maximum atomic E-state index is 11.8. The highest BCUT2D eigenvalue weighted by molar-refractivity contribution is 7.98. The Bertz CT molecular complexity index is 394. The van der Waals surface area contributed by atoms with Crippen molar-refractivity contribution < 1.29 is 9.53 Å².